The van der Waals surface area contributed by atoms with Crippen molar-refractivity contribution in [3.8, 4) is 0 Å². The van der Waals surface area contributed by atoms with E-state index in [1.54, 1.807) is 0 Å². The van der Waals surface area contributed by atoms with Gasteiger partial charge in [-0.1, -0.05) is 84.9 Å². The summed E-state index contributed by atoms with van der Waals surface area (Å²) in [6, 6.07) is 42.2. The number of likely N-dealkylation sites (tertiary alicyclic amines) is 1. The smallest absolute Gasteiger partial charge is 0.413 e. The zero-order valence-electron chi connectivity index (χ0n) is 19.2. The second-order valence-electron chi connectivity index (χ2n) is 8.59. The maximum atomic E-state index is 13.5. The molecule has 170 valence electrons. The van der Waals surface area contributed by atoms with Crippen LogP contribution >= 0.6 is 7.26 Å². The number of hydrogen-bond donors (Lipinski definition) is 0. The Labute approximate surface area is 202 Å². The van der Waals surface area contributed by atoms with Crippen LogP contribution < -0.4 is 15.9 Å². The molecule has 0 aromatic heterocycles. The second kappa shape index (κ2) is 10.2. The fourth-order valence-electron chi connectivity index (χ4n) is 5.12. The zero-order valence-corrected chi connectivity index (χ0v) is 20.1. The Hall–Kier alpha value is -3.42. The van der Waals surface area contributed by atoms with Gasteiger partial charge in [0, 0.05) is 13.0 Å². The lowest BCUT2D eigenvalue weighted by Gasteiger charge is -2.36. The summed E-state index contributed by atoms with van der Waals surface area (Å²) in [5.41, 5.74) is 1.00. The van der Waals surface area contributed by atoms with Gasteiger partial charge >= 0.3 is 6.09 Å². The molecule has 0 radical (unpaired) electrons. The fourth-order valence-corrected chi connectivity index (χ4v) is 10.2. The normalized spacial score (nSPS) is 15.8. The summed E-state index contributed by atoms with van der Waals surface area (Å²) in [5.74, 6) is 0.0444. The van der Waals surface area contributed by atoms with Crippen molar-refractivity contribution in [2.24, 2.45) is 0 Å². The number of nitrogens with zero attached hydrogens (tertiary/aromatic N) is 1. The quantitative estimate of drug-likeness (QED) is 0.339. The van der Waals surface area contributed by atoms with Crippen molar-refractivity contribution in [2.45, 2.75) is 25.2 Å². The third-order valence-corrected chi connectivity index (χ3v) is 11.4. The number of hydrogen-bond acceptors (Lipinski definition) is 2. The van der Waals surface area contributed by atoms with Gasteiger partial charge in [-0.25, -0.2) is 4.79 Å². The van der Waals surface area contributed by atoms with E-state index >= 15 is 0 Å². The topological polar surface area (TPSA) is 29.5 Å². The van der Waals surface area contributed by atoms with Crippen LogP contribution in [0.25, 0.3) is 0 Å². The molecular formula is C30H29NO2P+. The Kier molecular flexibility index (Phi) is 6.74. The van der Waals surface area contributed by atoms with Gasteiger partial charge in [-0.2, -0.15) is 0 Å². The first-order valence-electron chi connectivity index (χ1n) is 11.8. The summed E-state index contributed by atoms with van der Waals surface area (Å²) < 4.78 is 5.85. The summed E-state index contributed by atoms with van der Waals surface area (Å²) in [4.78, 5) is 15.5. The molecule has 0 spiro atoms. The van der Waals surface area contributed by atoms with Crippen LogP contribution in [0.5, 0.6) is 0 Å². The summed E-state index contributed by atoms with van der Waals surface area (Å²) in [6.45, 7) is 1.00. The minimum atomic E-state index is -2.18. The second-order valence-corrected chi connectivity index (χ2v) is 12.2. The molecular weight excluding hydrogens is 437 g/mol. The van der Waals surface area contributed by atoms with Crippen molar-refractivity contribution in [2.75, 3.05) is 6.54 Å². The average Bonchev–Trinajstić information content (AvgIpc) is 3.41. The molecule has 1 heterocycles. The van der Waals surface area contributed by atoms with E-state index in [1.165, 1.54) is 15.9 Å². The van der Waals surface area contributed by atoms with Crippen LogP contribution in [0.1, 0.15) is 18.4 Å². The molecule has 1 atom stereocenters. The molecule has 1 amide bonds. The van der Waals surface area contributed by atoms with Crippen LogP contribution in [-0.4, -0.2) is 23.3 Å². The average molecular weight is 467 g/mol. The SMILES string of the molecule is O=C(OCc1ccccc1)N1CCC[C@@H]1[P+](c1ccccc1)(c1ccccc1)c1ccccc1. The number of rotatable bonds is 6. The Morgan fingerprint density at radius 1 is 0.706 bits per heavy atom. The molecule has 0 unspecified atom stereocenters. The molecule has 0 bridgehead atoms. The van der Waals surface area contributed by atoms with Crippen molar-refractivity contribution in [3.05, 3.63) is 127 Å². The summed E-state index contributed by atoms with van der Waals surface area (Å²) >= 11 is 0. The minimum absolute atomic E-state index is 0.0444. The van der Waals surface area contributed by atoms with Crippen LogP contribution in [0, 0.1) is 0 Å². The van der Waals surface area contributed by atoms with Crippen molar-refractivity contribution in [1.29, 1.82) is 0 Å². The van der Waals surface area contributed by atoms with Gasteiger partial charge in [0.2, 0.25) is 0 Å². The van der Waals surface area contributed by atoms with E-state index < -0.39 is 7.26 Å². The molecule has 3 nitrogen and oxygen atoms in total. The molecule has 1 fully saturated rings. The van der Waals surface area contributed by atoms with Crippen molar-refractivity contribution in [3.63, 3.8) is 0 Å². The van der Waals surface area contributed by atoms with E-state index in [0.717, 1.165) is 18.4 Å². The molecule has 34 heavy (non-hydrogen) atoms. The summed E-state index contributed by atoms with van der Waals surface area (Å²) in [5, 5.41) is 3.88. The van der Waals surface area contributed by atoms with Crippen molar-refractivity contribution in [1.82, 2.24) is 4.90 Å². The van der Waals surface area contributed by atoms with Gasteiger partial charge < -0.3 is 4.74 Å². The van der Waals surface area contributed by atoms with Gasteiger partial charge in [0.1, 0.15) is 29.8 Å². The van der Waals surface area contributed by atoms with Crippen LogP contribution in [0.3, 0.4) is 0 Å². The van der Waals surface area contributed by atoms with Gasteiger partial charge in [-0.15, -0.1) is 0 Å². The standard InChI is InChI=1S/C30H29NO2P/c32-30(33-24-25-14-5-1-6-15-25)31-23-13-22-29(31)34(26-16-7-2-8-17-26,27-18-9-3-10-19-27)28-20-11-4-12-21-28/h1-12,14-21,29H,13,22-24H2/q+1/t29-/m0/s1. The third-order valence-electron chi connectivity index (χ3n) is 6.60. The van der Waals surface area contributed by atoms with Gasteiger partial charge in [0.05, 0.1) is 0 Å². The highest BCUT2D eigenvalue weighted by molar-refractivity contribution is 7.96. The minimum Gasteiger partial charge on any atom is -0.444 e. The maximum absolute atomic E-state index is 13.5. The van der Waals surface area contributed by atoms with Gasteiger partial charge in [-0.05, 0) is 48.4 Å². The Morgan fingerprint density at radius 3 is 1.62 bits per heavy atom. The maximum Gasteiger partial charge on any atom is 0.413 e. The lowest BCUT2D eigenvalue weighted by molar-refractivity contribution is 0.101. The Bertz CT molecular complexity index is 1100. The lowest BCUT2D eigenvalue weighted by Crippen LogP contribution is -2.47. The van der Waals surface area contributed by atoms with E-state index in [9.17, 15) is 4.79 Å². The Morgan fingerprint density at radius 2 is 1.15 bits per heavy atom. The highest BCUT2D eigenvalue weighted by atomic mass is 31.2. The van der Waals surface area contributed by atoms with E-state index in [1.807, 2.05) is 35.2 Å². The third kappa shape index (κ3) is 4.24. The molecule has 0 saturated carbocycles. The van der Waals surface area contributed by atoms with Crippen LogP contribution in [0.15, 0.2) is 121 Å². The van der Waals surface area contributed by atoms with Gasteiger partial charge in [-0.3, -0.25) is 4.90 Å². The molecule has 5 rings (SSSR count). The highest BCUT2D eigenvalue weighted by Crippen LogP contribution is 2.63. The molecule has 1 aliphatic heterocycles. The van der Waals surface area contributed by atoms with Gasteiger partial charge in [0.15, 0.2) is 5.78 Å². The lowest BCUT2D eigenvalue weighted by atomic mass is 10.2. The molecule has 0 N–H and O–H groups in total. The molecule has 4 aromatic carbocycles. The highest BCUT2D eigenvalue weighted by Gasteiger charge is 2.57. The first-order chi connectivity index (χ1) is 16.8. The van der Waals surface area contributed by atoms with E-state index in [-0.39, 0.29) is 18.5 Å². The first kappa shape index (κ1) is 22.4. The monoisotopic (exact) mass is 466 g/mol. The van der Waals surface area contributed by atoms with E-state index in [4.69, 9.17) is 4.74 Å². The van der Waals surface area contributed by atoms with Crippen LogP contribution in [0.4, 0.5) is 4.79 Å². The molecule has 0 aliphatic carbocycles. The summed E-state index contributed by atoms with van der Waals surface area (Å²) in [6.07, 6.45) is 1.70. The van der Waals surface area contributed by atoms with Crippen LogP contribution in [0.2, 0.25) is 0 Å². The van der Waals surface area contributed by atoms with Crippen molar-refractivity contribution < 1.29 is 9.53 Å². The van der Waals surface area contributed by atoms with Gasteiger partial charge in [0.25, 0.3) is 0 Å². The number of benzene rings is 4. The van der Waals surface area contributed by atoms with E-state index in [2.05, 4.69) is 91.0 Å². The predicted molar refractivity (Wildman–Crippen MR) is 142 cm³/mol. The molecule has 1 aliphatic rings. The number of amides is 1. The largest absolute Gasteiger partial charge is 0.444 e. The predicted octanol–water partition coefficient (Wildman–Crippen LogP) is 5.74. The van der Waals surface area contributed by atoms with Crippen molar-refractivity contribution >= 4 is 29.3 Å². The van der Waals surface area contributed by atoms with Crippen LogP contribution in [-0.2, 0) is 11.3 Å². The molecule has 1 saturated heterocycles. The number of carbonyl (C=O) groups excluding carboxylic acids is 1. The summed E-state index contributed by atoms with van der Waals surface area (Å²) in [7, 11) is -2.18. The Balaban J connectivity index is 1.60. The van der Waals surface area contributed by atoms with E-state index in [0.29, 0.717) is 6.54 Å². The number of carbonyl (C=O) groups is 1. The fraction of sp³-hybridized carbons (Fsp3) is 0.167. The molecule has 4 aromatic rings. The first-order valence-corrected chi connectivity index (χ1v) is 13.7. The zero-order chi connectivity index (χ0) is 23.2. The molecule has 4 heteroatoms. The number of ether oxygens (including phenoxy) is 1.